The van der Waals surface area contributed by atoms with Gasteiger partial charge in [-0.15, -0.1) is 0 Å². The van der Waals surface area contributed by atoms with E-state index in [4.69, 9.17) is 11.6 Å². The predicted molar refractivity (Wildman–Crippen MR) is 80.9 cm³/mol. The zero-order chi connectivity index (χ0) is 15.7. The molecule has 0 aliphatic heterocycles. The van der Waals surface area contributed by atoms with Crippen LogP contribution in [0.25, 0.3) is 0 Å². The van der Waals surface area contributed by atoms with E-state index in [2.05, 4.69) is 5.32 Å². The van der Waals surface area contributed by atoms with Gasteiger partial charge in [-0.25, -0.2) is 0 Å². The highest BCUT2D eigenvalue weighted by molar-refractivity contribution is 6.30. The van der Waals surface area contributed by atoms with E-state index in [1.807, 2.05) is 30.4 Å². The van der Waals surface area contributed by atoms with Crippen LogP contribution in [0.5, 0.6) is 0 Å². The van der Waals surface area contributed by atoms with Gasteiger partial charge >= 0.3 is 0 Å². The third-order valence-electron chi connectivity index (χ3n) is 4.64. The Balaban J connectivity index is 1.58. The smallest absolute Gasteiger partial charge is 0.224 e. The number of hydrogen-bond donors (Lipinski definition) is 1. The van der Waals surface area contributed by atoms with Crippen molar-refractivity contribution in [2.45, 2.75) is 12.8 Å². The Bertz CT molecular complexity index is 628. The first-order valence-electron chi connectivity index (χ1n) is 7.47. The monoisotopic (exact) mass is 318 g/mol. The van der Waals surface area contributed by atoms with E-state index in [9.17, 15) is 14.7 Å². The SMILES string of the molecule is O=C([O-])[C@H]1[C@H](C(=O)NCCc2cccc(Cl)c2)[C@H]2C=C[C@@H]1C2. The number of amides is 1. The molecule has 1 aromatic rings. The highest BCUT2D eigenvalue weighted by Gasteiger charge is 2.48. The number of benzene rings is 1. The summed E-state index contributed by atoms with van der Waals surface area (Å²) in [5.74, 6) is -2.53. The summed E-state index contributed by atoms with van der Waals surface area (Å²) in [6, 6.07) is 7.47. The number of nitrogens with one attached hydrogen (secondary N) is 1. The molecule has 2 aliphatic rings. The summed E-state index contributed by atoms with van der Waals surface area (Å²) < 4.78 is 0. The van der Waals surface area contributed by atoms with Crippen molar-refractivity contribution in [1.29, 1.82) is 0 Å². The number of aliphatic carboxylic acids is 1. The molecule has 0 aromatic heterocycles. The van der Waals surface area contributed by atoms with Crippen LogP contribution in [0.1, 0.15) is 12.0 Å². The molecule has 1 saturated carbocycles. The Morgan fingerprint density at radius 2 is 1.95 bits per heavy atom. The Labute approximate surface area is 134 Å². The fourth-order valence-electron chi connectivity index (χ4n) is 3.64. The van der Waals surface area contributed by atoms with Crippen molar-refractivity contribution in [3.05, 3.63) is 47.0 Å². The zero-order valence-corrected chi connectivity index (χ0v) is 12.8. The average molecular weight is 319 g/mol. The Morgan fingerprint density at radius 3 is 2.64 bits per heavy atom. The summed E-state index contributed by atoms with van der Waals surface area (Å²) in [5.41, 5.74) is 1.04. The van der Waals surface area contributed by atoms with E-state index >= 15 is 0 Å². The van der Waals surface area contributed by atoms with E-state index < -0.39 is 17.8 Å². The topological polar surface area (TPSA) is 69.2 Å². The van der Waals surface area contributed by atoms with Crippen LogP contribution in [0.15, 0.2) is 36.4 Å². The largest absolute Gasteiger partial charge is 0.550 e. The highest BCUT2D eigenvalue weighted by Crippen LogP contribution is 2.47. The van der Waals surface area contributed by atoms with Crippen LogP contribution in [0, 0.1) is 23.7 Å². The molecule has 5 heteroatoms. The number of carbonyl (C=O) groups is 2. The number of halogens is 1. The fourth-order valence-corrected chi connectivity index (χ4v) is 3.85. The summed E-state index contributed by atoms with van der Waals surface area (Å²) in [5, 5.41) is 14.8. The van der Waals surface area contributed by atoms with Crippen molar-refractivity contribution in [1.82, 2.24) is 5.32 Å². The Kier molecular flexibility index (Phi) is 4.21. The van der Waals surface area contributed by atoms with E-state index in [1.165, 1.54) is 0 Å². The summed E-state index contributed by atoms with van der Waals surface area (Å²) >= 11 is 5.92. The standard InChI is InChI=1S/C17H18ClNO3/c18-13-3-1-2-10(8-13)6-7-19-16(20)14-11-4-5-12(9-11)15(14)17(21)22/h1-5,8,11-12,14-15H,6-7,9H2,(H,19,20)(H,21,22)/p-1/t11-,12+,14+,15+/m0/s1. The van der Waals surface area contributed by atoms with Gasteiger partial charge in [0.1, 0.15) is 0 Å². The summed E-state index contributed by atoms with van der Waals surface area (Å²) in [6.07, 6.45) is 5.27. The number of carboxylic acid groups (broad SMARTS) is 1. The second-order valence-electron chi connectivity index (χ2n) is 5.99. The number of allylic oxidation sites excluding steroid dienone is 2. The van der Waals surface area contributed by atoms with Gasteiger partial charge in [-0.1, -0.05) is 35.9 Å². The van der Waals surface area contributed by atoms with E-state index in [-0.39, 0.29) is 17.7 Å². The maximum atomic E-state index is 12.3. The second-order valence-corrected chi connectivity index (χ2v) is 6.43. The molecule has 1 N–H and O–H groups in total. The Hall–Kier alpha value is -1.81. The molecule has 2 bridgehead atoms. The van der Waals surface area contributed by atoms with Gasteiger partial charge in [0.05, 0.1) is 5.92 Å². The van der Waals surface area contributed by atoms with Gasteiger partial charge in [-0.05, 0) is 42.4 Å². The molecule has 1 aromatic carbocycles. The normalized spacial score (nSPS) is 28.8. The van der Waals surface area contributed by atoms with Crippen molar-refractivity contribution in [2.75, 3.05) is 6.54 Å². The van der Waals surface area contributed by atoms with Crippen molar-refractivity contribution >= 4 is 23.5 Å². The molecule has 4 nitrogen and oxygen atoms in total. The van der Waals surface area contributed by atoms with Crippen molar-refractivity contribution in [3.8, 4) is 0 Å². The minimum Gasteiger partial charge on any atom is -0.550 e. The minimum atomic E-state index is -1.12. The number of fused-ring (bicyclic) bond motifs is 2. The lowest BCUT2D eigenvalue weighted by Gasteiger charge is -2.27. The quantitative estimate of drug-likeness (QED) is 0.829. The maximum Gasteiger partial charge on any atom is 0.224 e. The summed E-state index contributed by atoms with van der Waals surface area (Å²) in [7, 11) is 0. The summed E-state index contributed by atoms with van der Waals surface area (Å²) in [6.45, 7) is 0.469. The number of carbonyl (C=O) groups excluding carboxylic acids is 2. The third kappa shape index (κ3) is 2.88. The third-order valence-corrected chi connectivity index (χ3v) is 4.87. The Morgan fingerprint density at radius 1 is 1.23 bits per heavy atom. The van der Waals surface area contributed by atoms with Gasteiger partial charge in [0.2, 0.25) is 5.91 Å². The molecule has 0 saturated heterocycles. The lowest BCUT2D eigenvalue weighted by Crippen LogP contribution is -2.45. The molecule has 0 heterocycles. The van der Waals surface area contributed by atoms with E-state index in [0.29, 0.717) is 18.0 Å². The van der Waals surface area contributed by atoms with Crippen LogP contribution in [0.2, 0.25) is 5.02 Å². The molecule has 0 spiro atoms. The maximum absolute atomic E-state index is 12.3. The van der Waals surface area contributed by atoms with E-state index in [1.54, 1.807) is 6.07 Å². The number of rotatable bonds is 5. The number of carboxylic acids is 1. The number of hydrogen-bond acceptors (Lipinski definition) is 3. The molecular formula is C17H17ClNO3-. The molecule has 2 aliphatic carbocycles. The van der Waals surface area contributed by atoms with Crippen LogP contribution in [-0.2, 0) is 16.0 Å². The molecule has 116 valence electrons. The average Bonchev–Trinajstić information content (AvgIpc) is 3.07. The molecule has 1 fully saturated rings. The van der Waals surface area contributed by atoms with Gasteiger partial charge in [-0.3, -0.25) is 4.79 Å². The lowest BCUT2D eigenvalue weighted by atomic mass is 9.82. The molecule has 1 amide bonds. The van der Waals surface area contributed by atoms with Crippen molar-refractivity contribution < 1.29 is 14.7 Å². The van der Waals surface area contributed by atoms with Gasteiger partial charge in [0.15, 0.2) is 0 Å². The van der Waals surface area contributed by atoms with E-state index in [0.717, 1.165) is 12.0 Å². The van der Waals surface area contributed by atoms with Crippen LogP contribution < -0.4 is 10.4 Å². The van der Waals surface area contributed by atoms with Gasteiger partial charge in [0.25, 0.3) is 0 Å². The molecule has 22 heavy (non-hydrogen) atoms. The fraction of sp³-hybridized carbons (Fsp3) is 0.412. The molecular weight excluding hydrogens is 302 g/mol. The minimum absolute atomic E-state index is 0.0269. The van der Waals surface area contributed by atoms with Crippen molar-refractivity contribution in [2.24, 2.45) is 23.7 Å². The first-order chi connectivity index (χ1) is 10.6. The lowest BCUT2D eigenvalue weighted by molar-refractivity contribution is -0.313. The van der Waals surface area contributed by atoms with Crippen molar-refractivity contribution in [3.63, 3.8) is 0 Å². The van der Waals surface area contributed by atoms with Gasteiger partial charge in [-0.2, -0.15) is 0 Å². The zero-order valence-electron chi connectivity index (χ0n) is 12.0. The summed E-state index contributed by atoms with van der Waals surface area (Å²) in [4.78, 5) is 23.6. The van der Waals surface area contributed by atoms with Crippen LogP contribution >= 0.6 is 11.6 Å². The second kappa shape index (κ2) is 6.13. The van der Waals surface area contributed by atoms with Crippen LogP contribution in [0.3, 0.4) is 0 Å². The van der Waals surface area contributed by atoms with Gasteiger partial charge in [0, 0.05) is 23.5 Å². The molecule has 3 rings (SSSR count). The highest BCUT2D eigenvalue weighted by atomic mass is 35.5. The molecule has 0 unspecified atom stereocenters. The predicted octanol–water partition coefficient (Wildman–Crippen LogP) is 1.19. The van der Waals surface area contributed by atoms with Crippen LogP contribution in [0.4, 0.5) is 0 Å². The first-order valence-corrected chi connectivity index (χ1v) is 7.85. The first kappa shape index (κ1) is 15.1. The van der Waals surface area contributed by atoms with Gasteiger partial charge < -0.3 is 15.2 Å². The molecule has 4 atom stereocenters. The molecule has 0 radical (unpaired) electrons. The van der Waals surface area contributed by atoms with Crippen LogP contribution in [-0.4, -0.2) is 18.4 Å².